The highest BCUT2D eigenvalue weighted by Crippen LogP contribution is 2.22. The predicted molar refractivity (Wildman–Crippen MR) is 102 cm³/mol. The number of guanidine groups is 1. The number of nitrogens with zero attached hydrogens (tertiary/aromatic N) is 3. The van der Waals surface area contributed by atoms with Gasteiger partial charge in [-0.15, -0.1) is 0 Å². The number of aliphatic imine (C=N–C) groups is 1. The first kappa shape index (κ1) is 18.7. The Morgan fingerprint density at radius 2 is 2.12 bits per heavy atom. The van der Waals surface area contributed by atoms with E-state index in [0.717, 1.165) is 23.4 Å². The van der Waals surface area contributed by atoms with Gasteiger partial charge in [0.2, 0.25) is 0 Å². The first-order chi connectivity index (χ1) is 12.1. The summed E-state index contributed by atoms with van der Waals surface area (Å²) in [5.74, 6) is 1.29. The molecule has 0 radical (unpaired) electrons. The first-order valence-corrected chi connectivity index (χ1v) is 8.34. The van der Waals surface area contributed by atoms with Gasteiger partial charge < -0.3 is 20.7 Å². The lowest BCUT2D eigenvalue weighted by Crippen LogP contribution is -2.34. The van der Waals surface area contributed by atoms with Crippen molar-refractivity contribution in [2.75, 3.05) is 34.3 Å². The SMILES string of the molecule is COc1cccc(C(CN=C(N)NCCc2ccccn2)N(C)C)c1. The number of ether oxygens (including phenoxy) is 1. The smallest absolute Gasteiger partial charge is 0.188 e. The van der Waals surface area contributed by atoms with Gasteiger partial charge in [0, 0.05) is 24.9 Å². The number of benzene rings is 1. The highest BCUT2D eigenvalue weighted by atomic mass is 16.5. The number of nitrogens with two attached hydrogens (primary N) is 1. The maximum Gasteiger partial charge on any atom is 0.188 e. The van der Waals surface area contributed by atoms with Crippen LogP contribution >= 0.6 is 0 Å². The Bertz CT molecular complexity index is 673. The molecule has 0 aliphatic rings. The molecule has 1 atom stereocenters. The van der Waals surface area contributed by atoms with Gasteiger partial charge in [-0.25, -0.2) is 0 Å². The van der Waals surface area contributed by atoms with Crippen LogP contribution in [0.4, 0.5) is 0 Å². The topological polar surface area (TPSA) is 75.8 Å². The summed E-state index contributed by atoms with van der Waals surface area (Å²) in [5, 5.41) is 3.14. The molecule has 0 amide bonds. The normalized spacial score (nSPS) is 12.9. The zero-order valence-electron chi connectivity index (χ0n) is 15.1. The van der Waals surface area contributed by atoms with Crippen LogP contribution in [0.2, 0.25) is 0 Å². The number of aromatic nitrogens is 1. The Hall–Kier alpha value is -2.60. The number of likely N-dealkylation sites (N-methyl/N-ethyl adjacent to an activating group) is 1. The van der Waals surface area contributed by atoms with Crippen molar-refractivity contribution in [3.05, 3.63) is 59.9 Å². The Balaban J connectivity index is 1.91. The van der Waals surface area contributed by atoms with Crippen LogP contribution in [0, 0.1) is 0 Å². The minimum atomic E-state index is 0.131. The van der Waals surface area contributed by atoms with E-state index in [1.165, 1.54) is 0 Å². The van der Waals surface area contributed by atoms with E-state index in [1.807, 2.05) is 50.5 Å². The van der Waals surface area contributed by atoms with Crippen molar-refractivity contribution < 1.29 is 4.74 Å². The fourth-order valence-corrected chi connectivity index (χ4v) is 2.52. The molecule has 0 saturated carbocycles. The van der Waals surface area contributed by atoms with E-state index < -0.39 is 0 Å². The molecule has 1 aromatic carbocycles. The third kappa shape index (κ3) is 6.08. The van der Waals surface area contributed by atoms with Gasteiger partial charge in [0.25, 0.3) is 0 Å². The van der Waals surface area contributed by atoms with Crippen LogP contribution in [-0.2, 0) is 6.42 Å². The average Bonchev–Trinajstić information content (AvgIpc) is 2.62. The van der Waals surface area contributed by atoms with E-state index in [4.69, 9.17) is 10.5 Å². The van der Waals surface area contributed by atoms with Crippen LogP contribution in [0.15, 0.2) is 53.7 Å². The van der Waals surface area contributed by atoms with E-state index in [2.05, 4.69) is 26.3 Å². The van der Waals surface area contributed by atoms with Crippen molar-refractivity contribution in [1.29, 1.82) is 0 Å². The van der Waals surface area contributed by atoms with Crippen LogP contribution in [-0.4, -0.2) is 50.1 Å². The molecule has 0 bridgehead atoms. The van der Waals surface area contributed by atoms with Gasteiger partial charge in [-0.3, -0.25) is 9.98 Å². The summed E-state index contributed by atoms with van der Waals surface area (Å²) in [7, 11) is 5.74. The second-order valence-electron chi connectivity index (χ2n) is 5.98. The van der Waals surface area contributed by atoms with Gasteiger partial charge in [0.1, 0.15) is 5.75 Å². The third-order valence-corrected chi connectivity index (χ3v) is 3.95. The summed E-state index contributed by atoms with van der Waals surface area (Å²) in [6.45, 7) is 1.28. The summed E-state index contributed by atoms with van der Waals surface area (Å²) in [4.78, 5) is 10.9. The van der Waals surface area contributed by atoms with E-state index in [-0.39, 0.29) is 6.04 Å². The van der Waals surface area contributed by atoms with Crippen molar-refractivity contribution >= 4 is 5.96 Å². The van der Waals surface area contributed by atoms with Crippen LogP contribution in [0.25, 0.3) is 0 Å². The van der Waals surface area contributed by atoms with Gasteiger partial charge in [-0.05, 0) is 43.9 Å². The minimum Gasteiger partial charge on any atom is -0.497 e. The van der Waals surface area contributed by atoms with E-state index in [0.29, 0.717) is 19.0 Å². The second kappa shape index (κ2) is 9.64. The Morgan fingerprint density at radius 1 is 1.28 bits per heavy atom. The number of methoxy groups -OCH3 is 1. The third-order valence-electron chi connectivity index (χ3n) is 3.95. The van der Waals surface area contributed by atoms with E-state index >= 15 is 0 Å². The molecule has 0 spiro atoms. The molecule has 1 aromatic heterocycles. The number of hydrogen-bond donors (Lipinski definition) is 2. The minimum absolute atomic E-state index is 0.131. The highest BCUT2D eigenvalue weighted by Gasteiger charge is 2.14. The molecule has 0 saturated heterocycles. The Kier molecular flexibility index (Phi) is 7.22. The molecule has 134 valence electrons. The zero-order valence-corrected chi connectivity index (χ0v) is 15.1. The largest absolute Gasteiger partial charge is 0.497 e. The van der Waals surface area contributed by atoms with Gasteiger partial charge in [-0.2, -0.15) is 0 Å². The molecule has 25 heavy (non-hydrogen) atoms. The van der Waals surface area contributed by atoms with Crippen LogP contribution < -0.4 is 15.8 Å². The standard InChI is InChI=1S/C19H27N5O/c1-24(2)18(15-7-6-9-17(13-15)25-3)14-23-19(20)22-12-10-16-8-4-5-11-21-16/h4-9,11,13,18H,10,12,14H2,1-3H3,(H3,20,22,23). The fraction of sp³-hybridized carbons (Fsp3) is 0.368. The Labute approximate surface area is 149 Å². The van der Waals surface area contributed by atoms with Gasteiger partial charge >= 0.3 is 0 Å². The van der Waals surface area contributed by atoms with Crippen molar-refractivity contribution in [1.82, 2.24) is 15.2 Å². The quantitative estimate of drug-likeness (QED) is 0.566. The molecule has 0 aliphatic heterocycles. The van der Waals surface area contributed by atoms with Crippen molar-refractivity contribution in [2.45, 2.75) is 12.5 Å². The summed E-state index contributed by atoms with van der Waals surface area (Å²) >= 11 is 0. The lowest BCUT2D eigenvalue weighted by atomic mass is 10.1. The lowest BCUT2D eigenvalue weighted by Gasteiger charge is -2.23. The molecule has 2 aromatic rings. The highest BCUT2D eigenvalue weighted by molar-refractivity contribution is 5.77. The molecule has 6 heteroatoms. The van der Waals surface area contributed by atoms with E-state index in [9.17, 15) is 0 Å². The molecule has 2 rings (SSSR count). The van der Waals surface area contributed by atoms with Gasteiger partial charge in [0.15, 0.2) is 5.96 Å². The predicted octanol–water partition coefficient (Wildman–Crippen LogP) is 1.84. The van der Waals surface area contributed by atoms with Crippen molar-refractivity contribution in [3.63, 3.8) is 0 Å². The molecule has 1 heterocycles. The Morgan fingerprint density at radius 3 is 2.80 bits per heavy atom. The van der Waals surface area contributed by atoms with Crippen LogP contribution in [0.1, 0.15) is 17.3 Å². The summed E-state index contributed by atoms with van der Waals surface area (Å²) < 4.78 is 5.31. The zero-order chi connectivity index (χ0) is 18.1. The van der Waals surface area contributed by atoms with E-state index in [1.54, 1.807) is 13.3 Å². The molecular weight excluding hydrogens is 314 g/mol. The summed E-state index contributed by atoms with van der Waals surface area (Å²) in [6, 6.07) is 14.1. The number of hydrogen-bond acceptors (Lipinski definition) is 4. The van der Waals surface area contributed by atoms with Crippen molar-refractivity contribution in [3.8, 4) is 5.75 Å². The monoisotopic (exact) mass is 341 g/mol. The molecule has 0 aliphatic carbocycles. The van der Waals surface area contributed by atoms with Crippen molar-refractivity contribution in [2.24, 2.45) is 10.7 Å². The maximum atomic E-state index is 6.00. The molecule has 3 N–H and O–H groups in total. The summed E-state index contributed by atoms with van der Waals surface area (Å²) in [6.07, 6.45) is 2.60. The average molecular weight is 341 g/mol. The molecule has 6 nitrogen and oxygen atoms in total. The maximum absolute atomic E-state index is 6.00. The molecular formula is C19H27N5O. The molecule has 1 unspecified atom stereocenters. The lowest BCUT2D eigenvalue weighted by molar-refractivity contribution is 0.305. The van der Waals surface area contributed by atoms with Crippen LogP contribution in [0.3, 0.4) is 0 Å². The number of pyridine rings is 1. The first-order valence-electron chi connectivity index (χ1n) is 8.34. The summed E-state index contributed by atoms with van der Waals surface area (Å²) in [5.41, 5.74) is 8.18. The fourth-order valence-electron chi connectivity index (χ4n) is 2.52. The van der Waals surface area contributed by atoms with Gasteiger partial charge in [0.05, 0.1) is 19.7 Å². The second-order valence-corrected chi connectivity index (χ2v) is 5.98. The molecule has 0 fully saturated rings. The van der Waals surface area contributed by atoms with Gasteiger partial charge in [-0.1, -0.05) is 18.2 Å². The van der Waals surface area contributed by atoms with Crippen LogP contribution in [0.5, 0.6) is 5.75 Å². The number of rotatable bonds is 8. The number of nitrogens with one attached hydrogen (secondary N) is 1.